The highest BCUT2D eigenvalue weighted by Crippen LogP contribution is 2.19. The van der Waals surface area contributed by atoms with Gasteiger partial charge in [0, 0.05) is 23.7 Å². The van der Waals surface area contributed by atoms with Crippen LogP contribution in [0.1, 0.15) is 16.1 Å². The maximum atomic E-state index is 13.7. The Hall–Kier alpha value is -3.06. The maximum Gasteiger partial charge on any atom is 0.270 e. The van der Waals surface area contributed by atoms with Gasteiger partial charge in [0.1, 0.15) is 29.5 Å². The van der Waals surface area contributed by atoms with Crippen molar-refractivity contribution >= 4 is 29.0 Å². The number of hydrogen-bond acceptors (Lipinski definition) is 4. The molecule has 0 saturated carbocycles. The summed E-state index contributed by atoms with van der Waals surface area (Å²) >= 11 is 5.93. The summed E-state index contributed by atoms with van der Waals surface area (Å²) in [6.45, 7) is 0.401. The normalized spacial score (nSPS) is 10.5. The van der Waals surface area contributed by atoms with Crippen molar-refractivity contribution in [2.75, 3.05) is 11.9 Å². The van der Waals surface area contributed by atoms with Crippen LogP contribution in [0.2, 0.25) is 5.02 Å². The molecule has 2 aromatic carbocycles. The molecule has 0 fully saturated rings. The van der Waals surface area contributed by atoms with Gasteiger partial charge in [-0.3, -0.25) is 4.79 Å². The average molecular weight is 389 g/mol. The molecule has 0 aliphatic heterocycles. The molecule has 0 radical (unpaired) electrons. The number of carbonyl (C=O) groups excluding carboxylic acids is 1. The lowest BCUT2D eigenvalue weighted by atomic mass is 10.1. The van der Waals surface area contributed by atoms with Crippen molar-refractivity contribution in [3.05, 3.63) is 82.8 Å². The van der Waals surface area contributed by atoms with E-state index in [-0.39, 0.29) is 23.1 Å². The van der Waals surface area contributed by atoms with Crippen LogP contribution < -0.4 is 10.6 Å². The number of nitrogens with one attached hydrogen (secondary N) is 2. The van der Waals surface area contributed by atoms with Gasteiger partial charge in [-0.1, -0.05) is 23.7 Å². The number of benzene rings is 2. The lowest BCUT2D eigenvalue weighted by Gasteiger charge is -2.09. The number of halogens is 3. The summed E-state index contributed by atoms with van der Waals surface area (Å²) in [4.78, 5) is 20.1. The molecule has 0 bridgehead atoms. The van der Waals surface area contributed by atoms with Crippen LogP contribution in [-0.4, -0.2) is 22.4 Å². The highest BCUT2D eigenvalue weighted by molar-refractivity contribution is 6.30. The zero-order valence-electron chi connectivity index (χ0n) is 14.0. The van der Waals surface area contributed by atoms with Gasteiger partial charge in [0.2, 0.25) is 0 Å². The van der Waals surface area contributed by atoms with Gasteiger partial charge in [0.05, 0.1) is 5.69 Å². The van der Waals surface area contributed by atoms with Crippen molar-refractivity contribution in [2.45, 2.75) is 6.42 Å². The lowest BCUT2D eigenvalue weighted by Crippen LogP contribution is -2.26. The Morgan fingerprint density at radius 1 is 1.07 bits per heavy atom. The minimum atomic E-state index is -0.763. The fraction of sp³-hybridized carbons (Fsp3) is 0.105. The largest absolute Gasteiger partial charge is 0.350 e. The van der Waals surface area contributed by atoms with E-state index in [4.69, 9.17) is 11.6 Å². The van der Waals surface area contributed by atoms with Gasteiger partial charge in [-0.05, 0) is 36.2 Å². The third kappa shape index (κ3) is 5.21. The van der Waals surface area contributed by atoms with E-state index in [1.54, 1.807) is 6.07 Å². The van der Waals surface area contributed by atoms with Crippen LogP contribution in [0.3, 0.4) is 0 Å². The number of rotatable bonds is 6. The van der Waals surface area contributed by atoms with Crippen molar-refractivity contribution in [3.8, 4) is 0 Å². The first-order valence-corrected chi connectivity index (χ1v) is 8.46. The van der Waals surface area contributed by atoms with Gasteiger partial charge in [-0.2, -0.15) is 0 Å². The molecule has 0 saturated heterocycles. The van der Waals surface area contributed by atoms with Crippen molar-refractivity contribution in [1.82, 2.24) is 15.3 Å². The summed E-state index contributed by atoms with van der Waals surface area (Å²) in [6.07, 6.45) is 1.80. The first-order valence-electron chi connectivity index (χ1n) is 8.08. The molecule has 138 valence electrons. The van der Waals surface area contributed by atoms with E-state index >= 15 is 0 Å². The third-order valence-corrected chi connectivity index (χ3v) is 3.92. The van der Waals surface area contributed by atoms with E-state index < -0.39 is 11.6 Å². The summed E-state index contributed by atoms with van der Waals surface area (Å²) in [6, 6.07) is 11.9. The predicted octanol–water partition coefficient (Wildman–Crippen LogP) is 4.12. The van der Waals surface area contributed by atoms with Gasteiger partial charge in [-0.25, -0.2) is 18.7 Å². The predicted molar refractivity (Wildman–Crippen MR) is 99.2 cm³/mol. The summed E-state index contributed by atoms with van der Waals surface area (Å²) in [5, 5.41) is 6.09. The number of anilines is 2. The number of hydrogen-bond donors (Lipinski definition) is 2. The van der Waals surface area contributed by atoms with Crippen LogP contribution in [0.25, 0.3) is 0 Å². The van der Waals surface area contributed by atoms with Crippen molar-refractivity contribution in [2.24, 2.45) is 0 Å². The molecule has 0 atom stereocenters. The van der Waals surface area contributed by atoms with Crippen LogP contribution in [0.4, 0.5) is 20.3 Å². The van der Waals surface area contributed by atoms with Crippen molar-refractivity contribution < 1.29 is 13.6 Å². The van der Waals surface area contributed by atoms with Gasteiger partial charge < -0.3 is 10.6 Å². The quantitative estimate of drug-likeness (QED) is 0.666. The molecule has 5 nitrogen and oxygen atoms in total. The molecule has 8 heteroatoms. The molecule has 1 aromatic heterocycles. The van der Waals surface area contributed by atoms with E-state index in [9.17, 15) is 13.6 Å². The molecule has 3 aromatic rings. The summed E-state index contributed by atoms with van der Waals surface area (Å²) in [5.74, 6) is -1.61. The first kappa shape index (κ1) is 18.7. The van der Waals surface area contributed by atoms with Gasteiger partial charge in [0.25, 0.3) is 5.91 Å². The zero-order valence-corrected chi connectivity index (χ0v) is 14.8. The molecular weight excluding hydrogens is 374 g/mol. The third-order valence-electron chi connectivity index (χ3n) is 3.68. The smallest absolute Gasteiger partial charge is 0.270 e. The van der Waals surface area contributed by atoms with Crippen LogP contribution >= 0.6 is 11.6 Å². The molecule has 1 heterocycles. The molecule has 27 heavy (non-hydrogen) atoms. The Morgan fingerprint density at radius 2 is 1.93 bits per heavy atom. The molecule has 0 spiro atoms. The molecule has 0 unspecified atom stereocenters. The van der Waals surface area contributed by atoms with E-state index in [1.165, 1.54) is 18.5 Å². The van der Waals surface area contributed by atoms with Crippen molar-refractivity contribution in [3.63, 3.8) is 0 Å². The number of amides is 1. The van der Waals surface area contributed by atoms with Gasteiger partial charge in [0.15, 0.2) is 0 Å². The van der Waals surface area contributed by atoms with Crippen molar-refractivity contribution in [1.29, 1.82) is 0 Å². The molecule has 0 aliphatic carbocycles. The minimum Gasteiger partial charge on any atom is -0.350 e. The summed E-state index contributed by atoms with van der Waals surface area (Å²) in [7, 11) is 0. The highest BCUT2D eigenvalue weighted by atomic mass is 35.5. The van der Waals surface area contributed by atoms with E-state index in [0.717, 1.165) is 17.7 Å². The standard InChI is InChI=1S/C19H15ClF2N4O/c20-13-3-1-2-12(8-13)6-7-23-19(27)17-10-18(25-11-24-17)26-16-5-4-14(21)9-15(16)22/h1-5,8-11H,6-7H2,(H,23,27)(H,24,25,26). The first-order chi connectivity index (χ1) is 13.0. The number of nitrogens with zero attached hydrogens (tertiary/aromatic N) is 2. The topological polar surface area (TPSA) is 66.9 Å². The second-order valence-electron chi connectivity index (χ2n) is 5.67. The molecule has 2 N–H and O–H groups in total. The summed E-state index contributed by atoms with van der Waals surface area (Å²) < 4.78 is 26.7. The minimum absolute atomic E-state index is 0.0439. The average Bonchev–Trinajstić information content (AvgIpc) is 2.64. The Morgan fingerprint density at radius 3 is 2.70 bits per heavy atom. The van der Waals surface area contributed by atoms with Crippen LogP contribution in [0, 0.1) is 11.6 Å². The molecule has 3 rings (SSSR count). The zero-order chi connectivity index (χ0) is 19.2. The fourth-order valence-electron chi connectivity index (χ4n) is 2.38. The lowest BCUT2D eigenvalue weighted by molar-refractivity contribution is 0.0949. The van der Waals surface area contributed by atoms with Gasteiger partial charge >= 0.3 is 0 Å². The molecule has 1 amide bonds. The number of aromatic nitrogens is 2. The highest BCUT2D eigenvalue weighted by Gasteiger charge is 2.10. The molecule has 0 aliphatic rings. The second-order valence-corrected chi connectivity index (χ2v) is 6.11. The Kier molecular flexibility index (Phi) is 5.93. The Balaban J connectivity index is 1.61. The van der Waals surface area contributed by atoms with Gasteiger partial charge in [-0.15, -0.1) is 0 Å². The molecular formula is C19H15ClF2N4O. The fourth-order valence-corrected chi connectivity index (χ4v) is 2.59. The van der Waals surface area contributed by atoms with E-state index in [1.807, 2.05) is 18.2 Å². The number of carbonyl (C=O) groups is 1. The van der Waals surface area contributed by atoms with Crippen LogP contribution in [0.5, 0.6) is 0 Å². The van der Waals surface area contributed by atoms with Crippen LogP contribution in [0.15, 0.2) is 54.9 Å². The maximum absolute atomic E-state index is 13.7. The van der Waals surface area contributed by atoms with E-state index in [0.29, 0.717) is 18.0 Å². The SMILES string of the molecule is O=C(NCCc1cccc(Cl)c1)c1cc(Nc2ccc(F)cc2F)ncn1. The van der Waals surface area contributed by atoms with E-state index in [2.05, 4.69) is 20.6 Å². The Labute approximate surface area is 159 Å². The Bertz CT molecular complexity index is 968. The monoisotopic (exact) mass is 388 g/mol. The summed E-state index contributed by atoms with van der Waals surface area (Å²) in [5.41, 5.74) is 1.17. The van der Waals surface area contributed by atoms with Crippen LogP contribution in [-0.2, 0) is 6.42 Å². The second kappa shape index (κ2) is 8.55.